The predicted molar refractivity (Wildman–Crippen MR) is 134 cm³/mol. The molecule has 8 nitrogen and oxygen atoms in total. The van der Waals surface area contributed by atoms with Gasteiger partial charge in [-0.15, -0.1) is 11.3 Å². The molecule has 172 valence electrons. The summed E-state index contributed by atoms with van der Waals surface area (Å²) in [5, 5.41) is 17.6. The summed E-state index contributed by atoms with van der Waals surface area (Å²) in [7, 11) is 1.42. The molecule has 0 unspecified atom stereocenters. The second-order valence-corrected chi connectivity index (χ2v) is 8.77. The van der Waals surface area contributed by atoms with Gasteiger partial charge < -0.3 is 15.4 Å². The van der Waals surface area contributed by atoms with Crippen molar-refractivity contribution in [1.29, 1.82) is 0 Å². The third kappa shape index (κ3) is 4.54. The Morgan fingerprint density at radius 1 is 1.00 bits per heavy atom. The van der Waals surface area contributed by atoms with Gasteiger partial charge in [-0.05, 0) is 24.3 Å². The van der Waals surface area contributed by atoms with E-state index in [0.717, 1.165) is 11.3 Å². The predicted octanol–water partition coefficient (Wildman–Crippen LogP) is 6.63. The fraction of sp³-hybridized carbons (Fsp3) is 0.0435. The number of non-ortho nitro benzene ring substituents is 1. The van der Waals surface area contributed by atoms with E-state index in [1.165, 1.54) is 25.3 Å². The van der Waals surface area contributed by atoms with E-state index in [9.17, 15) is 19.7 Å². The first kappa shape index (κ1) is 23.5. The van der Waals surface area contributed by atoms with Crippen molar-refractivity contribution < 1.29 is 19.2 Å². The first-order chi connectivity index (χ1) is 16.3. The molecule has 4 aromatic rings. The number of carbonyl (C=O) groups is 2. The van der Waals surface area contributed by atoms with Gasteiger partial charge in [0.25, 0.3) is 17.5 Å². The number of fused-ring (bicyclic) bond motifs is 1. The van der Waals surface area contributed by atoms with Crippen LogP contribution in [0.25, 0.3) is 10.1 Å². The highest BCUT2D eigenvalue weighted by Crippen LogP contribution is 2.40. The maximum Gasteiger partial charge on any atom is 0.287 e. The van der Waals surface area contributed by atoms with E-state index in [0.29, 0.717) is 37.8 Å². The summed E-state index contributed by atoms with van der Waals surface area (Å²) in [6.07, 6.45) is 0. The lowest BCUT2D eigenvalue weighted by molar-refractivity contribution is -0.382. The molecular weight excluding hydrogens is 501 g/mol. The van der Waals surface area contributed by atoms with E-state index in [1.807, 2.05) is 0 Å². The van der Waals surface area contributed by atoms with Gasteiger partial charge in [-0.1, -0.05) is 47.5 Å². The Morgan fingerprint density at radius 3 is 2.47 bits per heavy atom. The quantitative estimate of drug-likeness (QED) is 0.221. The van der Waals surface area contributed by atoms with Gasteiger partial charge in [-0.3, -0.25) is 19.7 Å². The van der Waals surface area contributed by atoms with Gasteiger partial charge in [0.15, 0.2) is 0 Å². The third-order valence-electron chi connectivity index (χ3n) is 4.86. The topological polar surface area (TPSA) is 111 Å². The van der Waals surface area contributed by atoms with Crippen molar-refractivity contribution in [2.45, 2.75) is 0 Å². The Morgan fingerprint density at radius 2 is 1.76 bits per heavy atom. The molecular formula is C23H15Cl2N3O5S. The summed E-state index contributed by atoms with van der Waals surface area (Å²) in [5.41, 5.74) is 0.933. The van der Waals surface area contributed by atoms with Crippen LogP contribution in [0.5, 0.6) is 5.75 Å². The number of benzene rings is 3. The van der Waals surface area contributed by atoms with Gasteiger partial charge in [0, 0.05) is 23.2 Å². The first-order valence-electron chi connectivity index (χ1n) is 9.70. The standard InChI is InChI=1S/C23H15Cl2N3O5S/c1-33-18-11-12(9-10-16(18)27-22(29)13-5-2-3-7-15(13)24)26-23(30)21-19(25)14-6-4-8-17(28(31)32)20(14)34-21/h2-11H,1H3,(H,26,30)(H,27,29). The fourth-order valence-corrected chi connectivity index (χ4v) is 4.97. The molecule has 0 saturated carbocycles. The zero-order valence-corrected chi connectivity index (χ0v) is 19.8. The number of rotatable bonds is 6. The van der Waals surface area contributed by atoms with Crippen LogP contribution in [0, 0.1) is 10.1 Å². The molecule has 3 aromatic carbocycles. The molecule has 0 spiro atoms. The lowest BCUT2D eigenvalue weighted by atomic mass is 10.2. The van der Waals surface area contributed by atoms with Crippen molar-refractivity contribution in [1.82, 2.24) is 0 Å². The Hall–Kier alpha value is -3.66. The van der Waals surface area contributed by atoms with Crippen molar-refractivity contribution >= 4 is 73.5 Å². The van der Waals surface area contributed by atoms with Crippen LogP contribution >= 0.6 is 34.5 Å². The van der Waals surface area contributed by atoms with Gasteiger partial charge in [0.1, 0.15) is 15.3 Å². The van der Waals surface area contributed by atoms with Gasteiger partial charge in [-0.25, -0.2) is 0 Å². The minimum atomic E-state index is -0.532. The van der Waals surface area contributed by atoms with E-state index in [1.54, 1.807) is 42.5 Å². The molecule has 1 aromatic heterocycles. The molecule has 0 aliphatic carbocycles. The SMILES string of the molecule is COc1cc(NC(=O)c2sc3c([N+](=O)[O-])cccc3c2Cl)ccc1NC(=O)c1ccccc1Cl. The van der Waals surface area contributed by atoms with Gasteiger partial charge in [0.2, 0.25) is 0 Å². The average molecular weight is 516 g/mol. The number of hydrogen-bond acceptors (Lipinski definition) is 6. The smallest absolute Gasteiger partial charge is 0.287 e. The minimum Gasteiger partial charge on any atom is -0.494 e. The van der Waals surface area contributed by atoms with Crippen LogP contribution in [-0.4, -0.2) is 23.8 Å². The number of nitrogens with one attached hydrogen (secondary N) is 2. The van der Waals surface area contributed by atoms with Crippen molar-refractivity contribution in [3.63, 3.8) is 0 Å². The Bertz CT molecular complexity index is 1450. The number of amides is 2. The van der Waals surface area contributed by atoms with Crippen molar-refractivity contribution in [3.8, 4) is 5.75 Å². The summed E-state index contributed by atoms with van der Waals surface area (Å²) in [6, 6.07) is 15.8. The number of halogens is 2. The Balaban J connectivity index is 1.58. The van der Waals surface area contributed by atoms with E-state index in [4.69, 9.17) is 27.9 Å². The molecule has 34 heavy (non-hydrogen) atoms. The van der Waals surface area contributed by atoms with E-state index >= 15 is 0 Å². The second kappa shape index (κ2) is 9.68. The summed E-state index contributed by atoms with van der Waals surface area (Å²) in [5.74, 6) is -0.647. The molecule has 0 aliphatic heterocycles. The van der Waals surface area contributed by atoms with Crippen LogP contribution < -0.4 is 15.4 Å². The number of carbonyl (C=O) groups excluding carboxylic acids is 2. The van der Waals surface area contributed by atoms with Crippen molar-refractivity contribution in [3.05, 3.63) is 91.3 Å². The average Bonchev–Trinajstić information content (AvgIpc) is 3.16. The maximum absolute atomic E-state index is 12.9. The second-order valence-electron chi connectivity index (χ2n) is 6.96. The number of anilines is 2. The monoisotopic (exact) mass is 515 g/mol. The fourth-order valence-electron chi connectivity index (χ4n) is 3.26. The highest BCUT2D eigenvalue weighted by atomic mass is 35.5. The number of methoxy groups -OCH3 is 1. The van der Waals surface area contributed by atoms with E-state index in [-0.39, 0.29) is 15.6 Å². The molecule has 0 fully saturated rings. The zero-order valence-electron chi connectivity index (χ0n) is 17.4. The maximum atomic E-state index is 12.9. The number of nitrogens with zero attached hydrogens (tertiary/aromatic N) is 1. The molecule has 0 aliphatic rings. The molecule has 0 saturated heterocycles. The highest BCUT2D eigenvalue weighted by molar-refractivity contribution is 7.22. The van der Waals surface area contributed by atoms with Crippen LogP contribution in [-0.2, 0) is 0 Å². The molecule has 4 rings (SSSR count). The van der Waals surface area contributed by atoms with E-state index in [2.05, 4.69) is 10.6 Å². The number of ether oxygens (including phenoxy) is 1. The first-order valence-corrected chi connectivity index (χ1v) is 11.3. The molecule has 1 heterocycles. The lowest BCUT2D eigenvalue weighted by Crippen LogP contribution is -2.14. The van der Waals surface area contributed by atoms with Gasteiger partial charge in [0.05, 0.1) is 33.3 Å². The van der Waals surface area contributed by atoms with Crippen LogP contribution in [0.3, 0.4) is 0 Å². The van der Waals surface area contributed by atoms with Crippen LogP contribution in [0.2, 0.25) is 10.0 Å². The normalized spacial score (nSPS) is 10.7. The molecule has 2 N–H and O–H groups in total. The van der Waals surface area contributed by atoms with Crippen LogP contribution in [0.4, 0.5) is 17.1 Å². The van der Waals surface area contributed by atoms with Crippen LogP contribution in [0.15, 0.2) is 60.7 Å². The molecule has 0 bridgehead atoms. The summed E-state index contributed by atoms with van der Waals surface area (Å²) >= 11 is 13.4. The minimum absolute atomic E-state index is 0.122. The van der Waals surface area contributed by atoms with Gasteiger partial charge >= 0.3 is 0 Å². The number of thiophene rings is 1. The summed E-state index contributed by atoms with van der Waals surface area (Å²) < 4.78 is 5.67. The zero-order chi connectivity index (χ0) is 24.4. The highest BCUT2D eigenvalue weighted by Gasteiger charge is 2.23. The van der Waals surface area contributed by atoms with Crippen molar-refractivity contribution in [2.24, 2.45) is 0 Å². The third-order valence-corrected chi connectivity index (χ3v) is 6.92. The number of nitro benzene ring substituents is 1. The largest absolute Gasteiger partial charge is 0.494 e. The van der Waals surface area contributed by atoms with Crippen molar-refractivity contribution in [2.75, 3.05) is 17.7 Å². The Kier molecular flexibility index (Phi) is 6.69. The summed E-state index contributed by atoms with van der Waals surface area (Å²) in [4.78, 5) is 36.4. The summed E-state index contributed by atoms with van der Waals surface area (Å²) in [6.45, 7) is 0. The molecule has 2 amide bonds. The van der Waals surface area contributed by atoms with Gasteiger partial charge in [-0.2, -0.15) is 0 Å². The van der Waals surface area contributed by atoms with Crippen LogP contribution in [0.1, 0.15) is 20.0 Å². The van der Waals surface area contributed by atoms with E-state index < -0.39 is 16.7 Å². The lowest BCUT2D eigenvalue weighted by Gasteiger charge is -2.13. The molecule has 0 atom stereocenters. The number of hydrogen-bond donors (Lipinski definition) is 2. The molecule has 11 heteroatoms. The molecule has 0 radical (unpaired) electrons. The Labute approximate surface area is 207 Å². The number of nitro groups is 1.